The standard InChI is InChI=1S/C14H13FN2O4S/c1-16(10-11-6-8-12(15)9-7-11)22(20,21)14-5-3-2-4-13(14)17(18)19/h2-9H,10H2,1H3. The van der Waals surface area contributed by atoms with E-state index in [1.165, 1.54) is 49.5 Å². The van der Waals surface area contributed by atoms with Crippen molar-refractivity contribution >= 4 is 15.7 Å². The molecule has 0 spiro atoms. The number of para-hydroxylation sites is 1. The van der Waals surface area contributed by atoms with E-state index in [9.17, 15) is 22.9 Å². The van der Waals surface area contributed by atoms with Crippen molar-refractivity contribution in [3.05, 3.63) is 70.0 Å². The summed E-state index contributed by atoms with van der Waals surface area (Å²) in [5, 5.41) is 11.0. The molecular weight excluding hydrogens is 311 g/mol. The Labute approximate surface area is 127 Å². The minimum Gasteiger partial charge on any atom is -0.258 e. The van der Waals surface area contributed by atoms with E-state index in [1.807, 2.05) is 0 Å². The Balaban J connectivity index is 2.34. The fourth-order valence-corrected chi connectivity index (χ4v) is 3.24. The normalized spacial score (nSPS) is 11.6. The lowest BCUT2D eigenvalue weighted by Crippen LogP contribution is -2.27. The largest absolute Gasteiger partial charge is 0.289 e. The third-order valence-electron chi connectivity index (χ3n) is 3.07. The predicted molar refractivity (Wildman–Crippen MR) is 78.1 cm³/mol. The summed E-state index contributed by atoms with van der Waals surface area (Å²) in [5.41, 5.74) is 0.0968. The highest BCUT2D eigenvalue weighted by Crippen LogP contribution is 2.26. The first kappa shape index (κ1) is 16.1. The maximum Gasteiger partial charge on any atom is 0.289 e. The van der Waals surface area contributed by atoms with E-state index in [1.54, 1.807) is 0 Å². The summed E-state index contributed by atoms with van der Waals surface area (Å²) < 4.78 is 38.8. The van der Waals surface area contributed by atoms with Gasteiger partial charge in [0.2, 0.25) is 10.0 Å². The van der Waals surface area contributed by atoms with Crippen LogP contribution in [0.1, 0.15) is 5.56 Å². The quantitative estimate of drug-likeness (QED) is 0.625. The van der Waals surface area contributed by atoms with Gasteiger partial charge in [0.15, 0.2) is 4.90 Å². The highest BCUT2D eigenvalue weighted by molar-refractivity contribution is 7.89. The zero-order chi connectivity index (χ0) is 16.3. The Morgan fingerprint density at radius 2 is 1.73 bits per heavy atom. The van der Waals surface area contributed by atoms with Gasteiger partial charge < -0.3 is 0 Å². The van der Waals surface area contributed by atoms with Crippen LogP contribution < -0.4 is 0 Å². The molecule has 6 nitrogen and oxygen atoms in total. The van der Waals surface area contributed by atoms with Gasteiger partial charge in [0.25, 0.3) is 5.69 Å². The zero-order valence-corrected chi connectivity index (χ0v) is 12.5. The SMILES string of the molecule is CN(Cc1ccc(F)cc1)S(=O)(=O)c1ccccc1[N+](=O)[O-]. The monoisotopic (exact) mass is 324 g/mol. The van der Waals surface area contributed by atoms with Gasteiger partial charge in [0.05, 0.1) is 4.92 Å². The van der Waals surface area contributed by atoms with E-state index in [0.29, 0.717) is 5.56 Å². The van der Waals surface area contributed by atoms with Crippen LogP contribution in [0.5, 0.6) is 0 Å². The molecule has 0 atom stereocenters. The first-order valence-corrected chi connectivity index (χ1v) is 7.70. The third-order valence-corrected chi connectivity index (χ3v) is 4.92. The van der Waals surface area contributed by atoms with E-state index in [2.05, 4.69) is 0 Å². The first-order chi connectivity index (χ1) is 10.3. The molecule has 2 aromatic rings. The second-order valence-corrected chi connectivity index (χ2v) is 6.63. The Hall–Kier alpha value is -2.32. The summed E-state index contributed by atoms with van der Waals surface area (Å²) in [6, 6.07) is 10.5. The molecule has 0 aliphatic carbocycles. The third kappa shape index (κ3) is 3.29. The molecule has 22 heavy (non-hydrogen) atoms. The second-order valence-electron chi connectivity index (χ2n) is 4.61. The lowest BCUT2D eigenvalue weighted by molar-refractivity contribution is -0.387. The van der Waals surface area contributed by atoms with Crippen LogP contribution in [0.3, 0.4) is 0 Å². The number of halogens is 1. The van der Waals surface area contributed by atoms with Crippen molar-refractivity contribution < 1.29 is 17.7 Å². The first-order valence-electron chi connectivity index (χ1n) is 6.26. The highest BCUT2D eigenvalue weighted by atomic mass is 32.2. The molecule has 2 aromatic carbocycles. The molecule has 0 radical (unpaired) electrons. The summed E-state index contributed by atoms with van der Waals surface area (Å²) in [6.07, 6.45) is 0. The van der Waals surface area contributed by atoms with Crippen LogP contribution in [0, 0.1) is 15.9 Å². The molecule has 8 heteroatoms. The van der Waals surface area contributed by atoms with Crippen molar-refractivity contribution in [1.82, 2.24) is 4.31 Å². The summed E-state index contributed by atoms with van der Waals surface area (Å²) >= 11 is 0. The number of hydrogen-bond donors (Lipinski definition) is 0. The molecule has 0 bridgehead atoms. The van der Waals surface area contributed by atoms with Crippen molar-refractivity contribution in [3.8, 4) is 0 Å². The molecule has 0 aliphatic rings. The van der Waals surface area contributed by atoms with Gasteiger partial charge in [-0.25, -0.2) is 12.8 Å². The smallest absolute Gasteiger partial charge is 0.258 e. The number of nitro groups is 1. The Bertz CT molecular complexity index is 791. The maximum absolute atomic E-state index is 12.9. The Morgan fingerprint density at radius 1 is 1.14 bits per heavy atom. The molecule has 2 rings (SSSR count). The molecule has 0 heterocycles. The van der Waals surface area contributed by atoms with E-state index in [0.717, 1.165) is 10.4 Å². The topological polar surface area (TPSA) is 80.5 Å². The fraction of sp³-hybridized carbons (Fsp3) is 0.143. The van der Waals surface area contributed by atoms with Crippen LogP contribution in [0.4, 0.5) is 10.1 Å². The number of nitro benzene ring substituents is 1. The molecule has 0 aliphatic heterocycles. The highest BCUT2D eigenvalue weighted by Gasteiger charge is 2.28. The van der Waals surface area contributed by atoms with E-state index in [4.69, 9.17) is 0 Å². The summed E-state index contributed by atoms with van der Waals surface area (Å²) in [4.78, 5) is 9.86. The number of hydrogen-bond acceptors (Lipinski definition) is 4. The second kappa shape index (κ2) is 6.20. The van der Waals surface area contributed by atoms with E-state index < -0.39 is 26.5 Å². The molecule has 0 amide bonds. The van der Waals surface area contributed by atoms with Gasteiger partial charge in [-0.05, 0) is 23.8 Å². The van der Waals surface area contributed by atoms with E-state index in [-0.39, 0.29) is 11.4 Å². The number of sulfonamides is 1. The van der Waals surface area contributed by atoms with Crippen LogP contribution in [-0.2, 0) is 16.6 Å². The number of rotatable bonds is 5. The van der Waals surface area contributed by atoms with Gasteiger partial charge in [-0.3, -0.25) is 10.1 Å². The molecule has 0 saturated heterocycles. The summed E-state index contributed by atoms with van der Waals surface area (Å²) in [6.45, 7) is -0.0192. The minimum atomic E-state index is -4.03. The molecule has 0 aromatic heterocycles. The van der Waals surface area contributed by atoms with Gasteiger partial charge >= 0.3 is 0 Å². The Morgan fingerprint density at radius 3 is 2.32 bits per heavy atom. The molecule has 116 valence electrons. The average molecular weight is 324 g/mol. The van der Waals surface area contributed by atoms with Crippen molar-refractivity contribution in [2.45, 2.75) is 11.4 Å². The summed E-state index contributed by atoms with van der Waals surface area (Å²) in [7, 11) is -2.71. The lowest BCUT2D eigenvalue weighted by Gasteiger charge is -2.17. The van der Waals surface area contributed by atoms with Gasteiger partial charge in [-0.15, -0.1) is 0 Å². The number of benzene rings is 2. The van der Waals surface area contributed by atoms with Crippen molar-refractivity contribution in [2.75, 3.05) is 7.05 Å². The maximum atomic E-state index is 12.9. The van der Waals surface area contributed by atoms with Crippen molar-refractivity contribution in [3.63, 3.8) is 0 Å². The van der Waals surface area contributed by atoms with Gasteiger partial charge in [0, 0.05) is 19.7 Å². The lowest BCUT2D eigenvalue weighted by atomic mass is 10.2. The van der Waals surface area contributed by atoms with Gasteiger partial charge in [0.1, 0.15) is 5.82 Å². The fourth-order valence-electron chi connectivity index (χ4n) is 1.93. The number of nitrogens with zero attached hydrogens (tertiary/aromatic N) is 2. The van der Waals surface area contributed by atoms with Gasteiger partial charge in [-0.1, -0.05) is 24.3 Å². The predicted octanol–water partition coefficient (Wildman–Crippen LogP) is 2.55. The van der Waals surface area contributed by atoms with E-state index >= 15 is 0 Å². The van der Waals surface area contributed by atoms with Crippen LogP contribution in [0.25, 0.3) is 0 Å². The van der Waals surface area contributed by atoms with Crippen molar-refractivity contribution in [1.29, 1.82) is 0 Å². The van der Waals surface area contributed by atoms with Gasteiger partial charge in [-0.2, -0.15) is 4.31 Å². The Kier molecular flexibility index (Phi) is 4.53. The van der Waals surface area contributed by atoms with Crippen molar-refractivity contribution in [2.24, 2.45) is 0 Å². The minimum absolute atomic E-state index is 0.0192. The van der Waals surface area contributed by atoms with Crippen LogP contribution >= 0.6 is 0 Å². The molecule has 0 saturated carbocycles. The zero-order valence-electron chi connectivity index (χ0n) is 11.6. The molecule has 0 N–H and O–H groups in total. The molecule has 0 fully saturated rings. The van der Waals surface area contributed by atoms with Crippen LogP contribution in [0.15, 0.2) is 53.4 Å². The molecular formula is C14H13FN2O4S. The van der Waals surface area contributed by atoms with Crippen LogP contribution in [-0.4, -0.2) is 24.7 Å². The van der Waals surface area contributed by atoms with Crippen LogP contribution in [0.2, 0.25) is 0 Å². The molecule has 0 unspecified atom stereocenters. The summed E-state index contributed by atoms with van der Waals surface area (Å²) in [5.74, 6) is -0.423. The average Bonchev–Trinajstić information content (AvgIpc) is 2.49.